The lowest BCUT2D eigenvalue weighted by atomic mass is 10.2. The molecule has 1 N–H and O–H groups in total. The van der Waals surface area contributed by atoms with E-state index in [9.17, 15) is 24.1 Å². The number of esters is 1. The van der Waals surface area contributed by atoms with Gasteiger partial charge in [-0.1, -0.05) is 6.07 Å². The van der Waals surface area contributed by atoms with Crippen LogP contribution in [-0.2, 0) is 9.53 Å². The molecule has 9 nitrogen and oxygen atoms in total. The van der Waals surface area contributed by atoms with Gasteiger partial charge in [-0.2, -0.15) is 4.39 Å². The van der Waals surface area contributed by atoms with E-state index in [-0.39, 0.29) is 10.6 Å². The molecule has 0 saturated heterocycles. The van der Waals surface area contributed by atoms with Crippen molar-refractivity contribution in [2.24, 2.45) is 0 Å². The third-order valence-corrected chi connectivity index (χ3v) is 4.79. The second-order valence-corrected chi connectivity index (χ2v) is 6.70. The number of nitro groups is 1. The Balaban J connectivity index is 1.62. The topological polar surface area (TPSA) is 124 Å². The summed E-state index contributed by atoms with van der Waals surface area (Å²) < 4.78 is 18.3. The summed E-state index contributed by atoms with van der Waals surface area (Å²) in [4.78, 5) is 42.7. The van der Waals surface area contributed by atoms with E-state index < -0.39 is 34.9 Å². The SMILES string of the molecule is Cc1nc(-c2ccccn2)sc1C(=O)OCC(=O)Nc1ccc(F)c([N+](=O)[O-])c1. The minimum atomic E-state index is -1.02. The summed E-state index contributed by atoms with van der Waals surface area (Å²) in [5.74, 6) is -2.49. The van der Waals surface area contributed by atoms with E-state index in [4.69, 9.17) is 4.74 Å². The molecule has 0 atom stereocenters. The summed E-state index contributed by atoms with van der Waals surface area (Å²) in [7, 11) is 0. The van der Waals surface area contributed by atoms with E-state index in [1.165, 1.54) is 0 Å². The number of carbonyl (C=O) groups excluding carboxylic acids is 2. The number of nitrogens with zero attached hydrogens (tertiary/aromatic N) is 3. The molecule has 2 aromatic heterocycles. The molecule has 0 aliphatic carbocycles. The molecule has 0 aliphatic heterocycles. The number of pyridine rings is 1. The van der Waals surface area contributed by atoms with Crippen molar-refractivity contribution in [3.05, 3.63) is 69.1 Å². The predicted octanol–water partition coefficient (Wildman–Crippen LogP) is 3.36. The van der Waals surface area contributed by atoms with E-state index in [2.05, 4.69) is 15.3 Å². The maximum Gasteiger partial charge on any atom is 0.350 e. The van der Waals surface area contributed by atoms with Crippen molar-refractivity contribution in [2.75, 3.05) is 11.9 Å². The number of halogens is 1. The molecule has 148 valence electrons. The van der Waals surface area contributed by atoms with Crippen molar-refractivity contribution in [1.82, 2.24) is 9.97 Å². The van der Waals surface area contributed by atoms with Crippen LogP contribution in [0.15, 0.2) is 42.6 Å². The van der Waals surface area contributed by atoms with Crippen LogP contribution in [-0.4, -0.2) is 33.4 Å². The van der Waals surface area contributed by atoms with Crippen LogP contribution in [0.25, 0.3) is 10.7 Å². The van der Waals surface area contributed by atoms with Gasteiger partial charge < -0.3 is 10.1 Å². The fourth-order valence-corrected chi connectivity index (χ4v) is 3.25. The molecule has 0 unspecified atom stereocenters. The highest BCUT2D eigenvalue weighted by Crippen LogP contribution is 2.27. The van der Waals surface area contributed by atoms with Crippen LogP contribution >= 0.6 is 11.3 Å². The minimum absolute atomic E-state index is 0.00515. The number of hydrogen-bond acceptors (Lipinski definition) is 8. The van der Waals surface area contributed by atoms with E-state index in [1.54, 1.807) is 31.3 Å². The Bertz CT molecular complexity index is 1090. The van der Waals surface area contributed by atoms with Crippen LogP contribution in [0.2, 0.25) is 0 Å². The quantitative estimate of drug-likeness (QED) is 0.371. The number of benzene rings is 1. The molecular weight excluding hydrogens is 403 g/mol. The van der Waals surface area contributed by atoms with Crippen molar-refractivity contribution >= 4 is 34.6 Å². The highest BCUT2D eigenvalue weighted by molar-refractivity contribution is 7.17. The number of ether oxygens (including phenoxy) is 1. The number of anilines is 1. The van der Waals surface area contributed by atoms with Gasteiger partial charge in [-0.05, 0) is 31.2 Å². The molecule has 0 saturated carbocycles. The summed E-state index contributed by atoms with van der Waals surface area (Å²) in [6.45, 7) is 1.01. The van der Waals surface area contributed by atoms with E-state index in [1.807, 2.05) is 0 Å². The zero-order valence-electron chi connectivity index (χ0n) is 14.9. The summed E-state index contributed by atoms with van der Waals surface area (Å²) in [5.41, 5.74) is 0.276. The number of thiazole rings is 1. The largest absolute Gasteiger partial charge is 0.451 e. The zero-order valence-corrected chi connectivity index (χ0v) is 15.7. The van der Waals surface area contributed by atoms with Gasteiger partial charge in [-0.15, -0.1) is 11.3 Å². The third-order valence-electron chi connectivity index (χ3n) is 3.63. The smallest absolute Gasteiger partial charge is 0.350 e. The van der Waals surface area contributed by atoms with Crippen LogP contribution in [0.1, 0.15) is 15.4 Å². The molecule has 11 heteroatoms. The number of nitro benzene ring substituents is 1. The molecule has 0 aliphatic rings. The second kappa shape index (κ2) is 8.52. The average Bonchev–Trinajstić information content (AvgIpc) is 3.10. The third kappa shape index (κ3) is 4.76. The number of carbonyl (C=O) groups is 2. The molecule has 0 spiro atoms. The lowest BCUT2D eigenvalue weighted by Crippen LogP contribution is -2.21. The molecule has 3 aromatic rings. The first kappa shape index (κ1) is 20.0. The van der Waals surface area contributed by atoms with Crippen LogP contribution in [0.3, 0.4) is 0 Å². The fraction of sp³-hybridized carbons (Fsp3) is 0.111. The normalized spacial score (nSPS) is 10.4. The molecule has 1 aromatic carbocycles. The number of rotatable bonds is 6. The van der Waals surface area contributed by atoms with E-state index in [0.29, 0.717) is 16.4 Å². The Kier molecular flexibility index (Phi) is 5.88. The first-order valence-corrected chi connectivity index (χ1v) is 8.96. The van der Waals surface area contributed by atoms with Gasteiger partial charge in [0.05, 0.1) is 16.3 Å². The monoisotopic (exact) mass is 416 g/mol. The van der Waals surface area contributed by atoms with Gasteiger partial charge >= 0.3 is 11.7 Å². The first-order valence-electron chi connectivity index (χ1n) is 8.15. The van der Waals surface area contributed by atoms with Gasteiger partial charge in [0.1, 0.15) is 9.88 Å². The molecule has 0 fully saturated rings. The maximum atomic E-state index is 13.3. The molecule has 29 heavy (non-hydrogen) atoms. The Morgan fingerprint density at radius 1 is 1.31 bits per heavy atom. The standard InChI is InChI=1S/C18H13FN4O5S/c1-10-16(29-17(21-10)13-4-2-3-7-20-13)18(25)28-9-15(24)22-11-5-6-12(19)14(8-11)23(26)27/h2-8H,9H2,1H3,(H,22,24). The molecule has 1 amide bonds. The van der Waals surface area contributed by atoms with Crippen molar-refractivity contribution in [1.29, 1.82) is 0 Å². The highest BCUT2D eigenvalue weighted by atomic mass is 32.1. The van der Waals surface area contributed by atoms with Crippen molar-refractivity contribution in [2.45, 2.75) is 6.92 Å². The Labute approximate surface area is 167 Å². The summed E-state index contributed by atoms with van der Waals surface area (Å²) >= 11 is 1.09. The molecule has 3 rings (SSSR count). The number of nitrogens with one attached hydrogen (secondary N) is 1. The molecular formula is C18H13FN4O5S. The highest BCUT2D eigenvalue weighted by Gasteiger charge is 2.20. The predicted molar refractivity (Wildman–Crippen MR) is 102 cm³/mol. The number of aryl methyl sites for hydroxylation is 1. The van der Waals surface area contributed by atoms with E-state index >= 15 is 0 Å². The van der Waals surface area contributed by atoms with Gasteiger partial charge in [0.25, 0.3) is 5.91 Å². The summed E-state index contributed by atoms with van der Waals surface area (Å²) in [6, 6.07) is 8.20. The van der Waals surface area contributed by atoms with Gasteiger partial charge in [0, 0.05) is 18.0 Å². The second-order valence-electron chi connectivity index (χ2n) is 5.70. The molecule has 0 bridgehead atoms. The summed E-state index contributed by atoms with van der Waals surface area (Å²) in [6.07, 6.45) is 1.61. The lowest BCUT2D eigenvalue weighted by molar-refractivity contribution is -0.387. The fourth-order valence-electron chi connectivity index (χ4n) is 2.31. The maximum absolute atomic E-state index is 13.3. The van der Waals surface area contributed by atoms with Gasteiger partial charge in [-0.3, -0.25) is 19.9 Å². The molecule has 2 heterocycles. The minimum Gasteiger partial charge on any atom is -0.451 e. The summed E-state index contributed by atoms with van der Waals surface area (Å²) in [5, 5.41) is 13.6. The number of aromatic nitrogens is 2. The average molecular weight is 416 g/mol. The van der Waals surface area contributed by atoms with Gasteiger partial charge in [0.15, 0.2) is 6.61 Å². The van der Waals surface area contributed by atoms with Gasteiger partial charge in [-0.25, -0.2) is 9.78 Å². The van der Waals surface area contributed by atoms with Crippen LogP contribution in [0.5, 0.6) is 0 Å². The Morgan fingerprint density at radius 3 is 2.79 bits per heavy atom. The number of hydrogen-bond donors (Lipinski definition) is 1. The number of amides is 1. The Morgan fingerprint density at radius 2 is 2.10 bits per heavy atom. The lowest BCUT2D eigenvalue weighted by Gasteiger charge is -2.06. The molecule has 0 radical (unpaired) electrons. The van der Waals surface area contributed by atoms with Crippen molar-refractivity contribution in [3.63, 3.8) is 0 Å². The van der Waals surface area contributed by atoms with Crippen molar-refractivity contribution < 1.29 is 23.6 Å². The first-order chi connectivity index (χ1) is 13.8. The van der Waals surface area contributed by atoms with Crippen molar-refractivity contribution in [3.8, 4) is 10.7 Å². The zero-order chi connectivity index (χ0) is 21.0. The van der Waals surface area contributed by atoms with Crippen LogP contribution in [0, 0.1) is 22.9 Å². The Hall–Kier alpha value is -3.73. The van der Waals surface area contributed by atoms with Crippen LogP contribution < -0.4 is 5.32 Å². The van der Waals surface area contributed by atoms with Crippen LogP contribution in [0.4, 0.5) is 15.8 Å². The van der Waals surface area contributed by atoms with Gasteiger partial charge in [0.2, 0.25) is 5.82 Å². The van der Waals surface area contributed by atoms with E-state index in [0.717, 1.165) is 29.5 Å².